The lowest BCUT2D eigenvalue weighted by molar-refractivity contribution is -0.126. The van der Waals surface area contributed by atoms with E-state index in [-0.39, 0.29) is 10.7 Å². The highest BCUT2D eigenvalue weighted by Gasteiger charge is 2.56. The SMILES string of the molecule is O=C1[C@@H]2C(c3ccc(Br)cc3)=NO[C@@H]2C(=O)N1c1ccc(Cl)cc1Cl. The Bertz CT molecular complexity index is 930. The minimum Gasteiger partial charge on any atom is -0.381 e. The molecule has 2 amide bonds. The van der Waals surface area contributed by atoms with Gasteiger partial charge in [-0.2, -0.15) is 0 Å². The molecular formula is C17H9BrCl2N2O3. The quantitative estimate of drug-likeness (QED) is 0.663. The van der Waals surface area contributed by atoms with Crippen LogP contribution in [0.3, 0.4) is 0 Å². The predicted molar refractivity (Wildman–Crippen MR) is 98.0 cm³/mol. The van der Waals surface area contributed by atoms with E-state index in [1.807, 2.05) is 24.3 Å². The van der Waals surface area contributed by atoms with Gasteiger partial charge in [0, 0.05) is 15.1 Å². The molecule has 25 heavy (non-hydrogen) atoms. The van der Waals surface area contributed by atoms with Crippen molar-refractivity contribution in [2.75, 3.05) is 4.90 Å². The Morgan fingerprint density at radius 3 is 2.44 bits per heavy atom. The summed E-state index contributed by atoms with van der Waals surface area (Å²) in [7, 11) is 0. The molecule has 2 aromatic carbocycles. The molecule has 1 saturated heterocycles. The number of hydrogen-bond donors (Lipinski definition) is 0. The van der Waals surface area contributed by atoms with Gasteiger partial charge in [-0.05, 0) is 30.3 Å². The smallest absolute Gasteiger partial charge is 0.279 e. The molecule has 0 spiro atoms. The first kappa shape index (κ1) is 16.6. The summed E-state index contributed by atoms with van der Waals surface area (Å²) in [5, 5.41) is 4.60. The van der Waals surface area contributed by atoms with Crippen LogP contribution in [0, 0.1) is 5.92 Å². The van der Waals surface area contributed by atoms with Crippen LogP contribution in [-0.2, 0) is 14.4 Å². The minimum absolute atomic E-state index is 0.219. The Kier molecular flexibility index (Phi) is 4.06. The molecule has 0 aliphatic carbocycles. The molecule has 2 heterocycles. The van der Waals surface area contributed by atoms with E-state index in [0.717, 1.165) is 14.9 Å². The molecule has 0 bridgehead atoms. The summed E-state index contributed by atoms with van der Waals surface area (Å²) in [4.78, 5) is 31.9. The molecule has 0 N–H and O–H groups in total. The van der Waals surface area contributed by atoms with E-state index >= 15 is 0 Å². The highest BCUT2D eigenvalue weighted by molar-refractivity contribution is 9.10. The van der Waals surface area contributed by atoms with Gasteiger partial charge in [0.15, 0.2) is 0 Å². The van der Waals surface area contributed by atoms with Gasteiger partial charge in [0.25, 0.3) is 5.91 Å². The third-order valence-electron chi connectivity index (χ3n) is 4.10. The number of fused-ring (bicyclic) bond motifs is 1. The van der Waals surface area contributed by atoms with E-state index in [1.54, 1.807) is 6.07 Å². The van der Waals surface area contributed by atoms with Crippen molar-refractivity contribution in [2.24, 2.45) is 11.1 Å². The fourth-order valence-corrected chi connectivity index (χ4v) is 3.69. The fourth-order valence-electron chi connectivity index (χ4n) is 2.94. The second kappa shape index (κ2) is 6.12. The average Bonchev–Trinajstić information content (AvgIpc) is 3.11. The maximum Gasteiger partial charge on any atom is 0.279 e. The summed E-state index contributed by atoms with van der Waals surface area (Å²) in [6, 6.07) is 11.9. The summed E-state index contributed by atoms with van der Waals surface area (Å²) in [6.45, 7) is 0. The normalized spacial score (nSPS) is 22.0. The van der Waals surface area contributed by atoms with Gasteiger partial charge in [0.1, 0.15) is 11.6 Å². The van der Waals surface area contributed by atoms with Crippen molar-refractivity contribution in [1.29, 1.82) is 0 Å². The maximum absolute atomic E-state index is 12.9. The van der Waals surface area contributed by atoms with Crippen molar-refractivity contribution in [1.82, 2.24) is 0 Å². The number of hydrogen-bond acceptors (Lipinski definition) is 4. The second-order valence-electron chi connectivity index (χ2n) is 5.59. The molecular weight excluding hydrogens is 431 g/mol. The van der Waals surface area contributed by atoms with Crippen LogP contribution in [0.1, 0.15) is 5.56 Å². The third kappa shape index (κ3) is 2.65. The molecule has 4 rings (SSSR count). The average molecular weight is 440 g/mol. The van der Waals surface area contributed by atoms with Crippen LogP contribution in [-0.4, -0.2) is 23.6 Å². The summed E-state index contributed by atoms with van der Waals surface area (Å²) in [6.07, 6.45) is -0.974. The van der Waals surface area contributed by atoms with E-state index in [4.69, 9.17) is 28.0 Å². The van der Waals surface area contributed by atoms with Crippen LogP contribution in [0.15, 0.2) is 52.1 Å². The minimum atomic E-state index is -0.974. The van der Waals surface area contributed by atoms with Gasteiger partial charge < -0.3 is 4.84 Å². The van der Waals surface area contributed by atoms with Crippen molar-refractivity contribution in [2.45, 2.75) is 6.10 Å². The molecule has 0 aromatic heterocycles. The van der Waals surface area contributed by atoms with Crippen LogP contribution in [0.4, 0.5) is 5.69 Å². The zero-order chi connectivity index (χ0) is 17.7. The molecule has 126 valence electrons. The van der Waals surface area contributed by atoms with E-state index < -0.39 is 23.8 Å². The van der Waals surface area contributed by atoms with Gasteiger partial charge in [-0.25, -0.2) is 4.90 Å². The third-order valence-corrected chi connectivity index (χ3v) is 5.17. The van der Waals surface area contributed by atoms with Crippen LogP contribution < -0.4 is 4.90 Å². The number of nitrogens with zero attached hydrogens (tertiary/aromatic N) is 2. The Morgan fingerprint density at radius 2 is 1.76 bits per heavy atom. The molecule has 8 heteroatoms. The molecule has 2 aromatic rings. The summed E-state index contributed by atoms with van der Waals surface area (Å²) in [5.74, 6) is -1.70. The van der Waals surface area contributed by atoms with Crippen molar-refractivity contribution in [3.05, 3.63) is 62.5 Å². The highest BCUT2D eigenvalue weighted by Crippen LogP contribution is 2.38. The van der Waals surface area contributed by atoms with Gasteiger partial charge in [-0.15, -0.1) is 0 Å². The van der Waals surface area contributed by atoms with Gasteiger partial charge in [0.2, 0.25) is 12.0 Å². The molecule has 2 aliphatic heterocycles. The lowest BCUT2D eigenvalue weighted by Crippen LogP contribution is -2.33. The number of benzene rings is 2. The van der Waals surface area contributed by atoms with Crippen LogP contribution in [0.5, 0.6) is 0 Å². The van der Waals surface area contributed by atoms with Gasteiger partial charge >= 0.3 is 0 Å². The van der Waals surface area contributed by atoms with E-state index in [9.17, 15) is 9.59 Å². The standard InChI is InChI=1S/C17H9BrCl2N2O3/c18-9-3-1-8(2-4-9)14-13-15(25-21-14)17(24)22(16(13)23)12-6-5-10(19)7-11(12)20/h1-7,13,15H/t13-,15+/m1/s1. The first-order valence-corrected chi connectivity index (χ1v) is 8.85. The summed E-state index contributed by atoms with van der Waals surface area (Å²) >= 11 is 15.4. The van der Waals surface area contributed by atoms with Crippen LogP contribution >= 0.6 is 39.1 Å². The number of carbonyl (C=O) groups excluding carboxylic acids is 2. The van der Waals surface area contributed by atoms with Crippen molar-refractivity contribution in [3.8, 4) is 0 Å². The number of amides is 2. The molecule has 1 fully saturated rings. The highest BCUT2D eigenvalue weighted by atomic mass is 79.9. The maximum atomic E-state index is 12.9. The second-order valence-corrected chi connectivity index (χ2v) is 7.35. The van der Waals surface area contributed by atoms with Crippen molar-refractivity contribution in [3.63, 3.8) is 0 Å². The zero-order valence-electron chi connectivity index (χ0n) is 12.4. The number of rotatable bonds is 2. The van der Waals surface area contributed by atoms with Gasteiger partial charge in [-0.3, -0.25) is 9.59 Å². The molecule has 0 unspecified atom stereocenters. The Morgan fingerprint density at radius 1 is 1.04 bits per heavy atom. The van der Waals surface area contributed by atoms with Gasteiger partial charge in [0.05, 0.1) is 10.7 Å². The van der Waals surface area contributed by atoms with Crippen LogP contribution in [0.25, 0.3) is 0 Å². The first-order chi connectivity index (χ1) is 12.0. The Balaban J connectivity index is 1.72. The fraction of sp³-hybridized carbons (Fsp3) is 0.118. The first-order valence-electron chi connectivity index (χ1n) is 7.30. The molecule has 2 atom stereocenters. The zero-order valence-corrected chi connectivity index (χ0v) is 15.5. The van der Waals surface area contributed by atoms with E-state index in [2.05, 4.69) is 21.1 Å². The predicted octanol–water partition coefficient (Wildman–Crippen LogP) is 4.05. The van der Waals surface area contributed by atoms with Crippen LogP contribution in [0.2, 0.25) is 10.0 Å². The molecule has 0 radical (unpaired) electrons. The number of anilines is 1. The summed E-state index contributed by atoms with van der Waals surface area (Å²) in [5.41, 5.74) is 1.44. The summed E-state index contributed by atoms with van der Waals surface area (Å²) < 4.78 is 0.899. The lowest BCUT2D eigenvalue weighted by atomic mass is 9.94. The number of halogens is 3. The van der Waals surface area contributed by atoms with Gasteiger partial charge in [-0.1, -0.05) is 56.4 Å². The molecule has 2 aliphatic rings. The number of carbonyl (C=O) groups is 2. The largest absolute Gasteiger partial charge is 0.381 e. The Labute approximate surface area is 161 Å². The van der Waals surface area contributed by atoms with E-state index in [0.29, 0.717) is 10.7 Å². The lowest BCUT2D eigenvalue weighted by Gasteiger charge is -2.17. The number of oxime groups is 1. The monoisotopic (exact) mass is 438 g/mol. The molecule has 0 saturated carbocycles. The topological polar surface area (TPSA) is 59.0 Å². The Hall–Kier alpha value is -1.89. The molecule has 5 nitrogen and oxygen atoms in total. The number of imide groups is 1. The van der Waals surface area contributed by atoms with E-state index in [1.165, 1.54) is 12.1 Å². The van der Waals surface area contributed by atoms with Crippen molar-refractivity contribution >= 4 is 62.3 Å². The van der Waals surface area contributed by atoms with Crippen molar-refractivity contribution < 1.29 is 14.4 Å².